The maximum absolute atomic E-state index is 3.57. The van der Waals surface area contributed by atoms with Gasteiger partial charge in [-0.25, -0.2) is 0 Å². The van der Waals surface area contributed by atoms with Crippen molar-refractivity contribution in [3.8, 4) is 0 Å². The molecule has 0 rings (SSSR count). The van der Waals surface area contributed by atoms with Crippen molar-refractivity contribution < 1.29 is 4.48 Å². The van der Waals surface area contributed by atoms with Gasteiger partial charge in [0.25, 0.3) is 0 Å². The van der Waals surface area contributed by atoms with E-state index in [2.05, 4.69) is 33.9 Å². The van der Waals surface area contributed by atoms with Gasteiger partial charge in [-0.3, -0.25) is 0 Å². The summed E-state index contributed by atoms with van der Waals surface area (Å²) in [5.74, 6) is 0. The average Bonchev–Trinajstić information content (AvgIpc) is 1.59. The van der Waals surface area contributed by atoms with Crippen LogP contribution in [0, 0.1) is 0 Å². The Hall–Kier alpha value is -0.560. The molecule has 8 heavy (non-hydrogen) atoms. The minimum Gasteiger partial charge on any atom is -0.305 e. The van der Waals surface area contributed by atoms with Gasteiger partial charge in [0, 0.05) is 0 Å². The Morgan fingerprint density at radius 3 is 1.88 bits per heavy atom. The van der Waals surface area contributed by atoms with E-state index in [0.717, 1.165) is 4.48 Å². The molecule has 0 bridgehead atoms. The number of allylic oxidation sites excluding steroid dienone is 2. The lowest BCUT2D eigenvalue weighted by molar-refractivity contribution is -0.817. The minimum atomic E-state index is 0.853. The maximum atomic E-state index is 3.57. The summed E-state index contributed by atoms with van der Waals surface area (Å²) in [6, 6.07) is 0. The van der Waals surface area contributed by atoms with Gasteiger partial charge in [0.1, 0.15) is 0 Å². The fourth-order valence-electron chi connectivity index (χ4n) is 0.319. The summed E-state index contributed by atoms with van der Waals surface area (Å²) in [6.07, 6.45) is 5.79. The molecule has 1 nitrogen and oxygen atoms in total. The lowest BCUT2D eigenvalue weighted by Crippen LogP contribution is -2.26. The Morgan fingerprint density at radius 1 is 1.25 bits per heavy atom. The first-order valence-electron chi connectivity index (χ1n) is 2.67. The molecule has 1 heteroatoms. The van der Waals surface area contributed by atoms with Gasteiger partial charge in [-0.2, -0.15) is 0 Å². The highest BCUT2D eigenvalue weighted by Gasteiger charge is 1.96. The van der Waals surface area contributed by atoms with Gasteiger partial charge in [0.2, 0.25) is 0 Å². The predicted octanol–water partition coefficient (Wildman–Crippen LogP) is 1.39. The molecule has 0 aliphatic heterocycles. The van der Waals surface area contributed by atoms with Crippen LogP contribution in [0.5, 0.6) is 0 Å². The lowest BCUT2D eigenvalue weighted by atomic mass is 10.5. The van der Waals surface area contributed by atoms with Gasteiger partial charge in [0.15, 0.2) is 0 Å². The Balaban J connectivity index is 3.69. The standard InChI is InChI=1S/C7H14N/c1-5-6-7-8(2,3)4/h5-7H,1H2,2-4H3/q+1. The maximum Gasteiger partial charge on any atom is 0.0951 e. The lowest BCUT2D eigenvalue weighted by Gasteiger charge is -2.16. The van der Waals surface area contributed by atoms with E-state index in [0.29, 0.717) is 0 Å². The van der Waals surface area contributed by atoms with E-state index in [1.807, 2.05) is 6.08 Å². The van der Waals surface area contributed by atoms with Crippen LogP contribution in [0.25, 0.3) is 0 Å². The van der Waals surface area contributed by atoms with Gasteiger partial charge in [-0.05, 0) is 6.08 Å². The molecule has 0 N–H and O–H groups in total. The summed E-state index contributed by atoms with van der Waals surface area (Å²) in [4.78, 5) is 0. The van der Waals surface area contributed by atoms with Crippen molar-refractivity contribution in [3.63, 3.8) is 0 Å². The number of hydrogen-bond acceptors (Lipinski definition) is 0. The van der Waals surface area contributed by atoms with E-state index in [9.17, 15) is 0 Å². The van der Waals surface area contributed by atoms with Crippen molar-refractivity contribution in [1.82, 2.24) is 0 Å². The minimum absolute atomic E-state index is 0.853. The molecule has 0 atom stereocenters. The number of hydrogen-bond donors (Lipinski definition) is 0. The molecular weight excluding hydrogens is 98.1 g/mol. The van der Waals surface area contributed by atoms with Crippen LogP contribution in [-0.4, -0.2) is 25.6 Å². The molecular formula is C7H14N+. The van der Waals surface area contributed by atoms with Gasteiger partial charge < -0.3 is 4.48 Å². The molecule has 0 amide bonds. The molecule has 0 heterocycles. The molecule has 0 saturated heterocycles. The zero-order valence-electron chi connectivity index (χ0n) is 5.89. The number of rotatable bonds is 2. The molecule has 0 fully saturated rings. The largest absolute Gasteiger partial charge is 0.305 e. The number of nitrogens with zero attached hydrogens (tertiary/aromatic N) is 1. The van der Waals surface area contributed by atoms with Gasteiger partial charge in [0.05, 0.1) is 27.3 Å². The summed E-state index contributed by atoms with van der Waals surface area (Å²) >= 11 is 0. The van der Waals surface area contributed by atoms with Crippen LogP contribution in [0.15, 0.2) is 24.9 Å². The Labute approximate surface area is 51.5 Å². The second kappa shape index (κ2) is 2.68. The third kappa shape index (κ3) is 5.44. The van der Waals surface area contributed by atoms with Crippen LogP contribution < -0.4 is 0 Å². The zero-order chi connectivity index (χ0) is 6.62. The quantitative estimate of drug-likeness (QED) is 0.374. The molecule has 0 aromatic rings. The number of quaternary nitrogens is 1. The summed E-state index contributed by atoms with van der Waals surface area (Å²) < 4.78 is 0.853. The molecule has 0 spiro atoms. The van der Waals surface area contributed by atoms with E-state index in [1.54, 1.807) is 6.08 Å². The molecule has 0 unspecified atom stereocenters. The molecule has 0 aliphatic rings. The summed E-state index contributed by atoms with van der Waals surface area (Å²) in [7, 11) is 6.29. The van der Waals surface area contributed by atoms with Crippen molar-refractivity contribution in [2.75, 3.05) is 21.1 Å². The molecule has 0 aliphatic carbocycles. The smallest absolute Gasteiger partial charge is 0.0951 e. The third-order valence-electron chi connectivity index (χ3n) is 0.669. The monoisotopic (exact) mass is 112 g/mol. The normalized spacial score (nSPS) is 12.4. The van der Waals surface area contributed by atoms with Gasteiger partial charge >= 0.3 is 0 Å². The van der Waals surface area contributed by atoms with Crippen molar-refractivity contribution in [2.45, 2.75) is 0 Å². The Bertz CT molecular complexity index is 95.4. The molecule has 46 valence electrons. The van der Waals surface area contributed by atoms with Crippen molar-refractivity contribution >= 4 is 0 Å². The molecule has 0 saturated carbocycles. The molecule has 0 aromatic heterocycles. The van der Waals surface area contributed by atoms with E-state index < -0.39 is 0 Å². The SMILES string of the molecule is C=CC=C[N+](C)(C)C. The summed E-state index contributed by atoms with van der Waals surface area (Å²) in [5, 5.41) is 0. The van der Waals surface area contributed by atoms with Crippen LogP contribution in [-0.2, 0) is 0 Å². The van der Waals surface area contributed by atoms with E-state index in [-0.39, 0.29) is 0 Å². The molecule has 0 radical (unpaired) electrons. The van der Waals surface area contributed by atoms with Crippen LogP contribution in [0.3, 0.4) is 0 Å². The third-order valence-corrected chi connectivity index (χ3v) is 0.669. The zero-order valence-corrected chi connectivity index (χ0v) is 5.89. The van der Waals surface area contributed by atoms with Crippen molar-refractivity contribution in [2.24, 2.45) is 0 Å². The van der Waals surface area contributed by atoms with Crippen LogP contribution in [0.1, 0.15) is 0 Å². The summed E-state index contributed by atoms with van der Waals surface area (Å²) in [5.41, 5.74) is 0. The fourth-order valence-corrected chi connectivity index (χ4v) is 0.319. The predicted molar refractivity (Wildman–Crippen MR) is 37.4 cm³/mol. The highest BCUT2D eigenvalue weighted by atomic mass is 15.3. The first-order valence-corrected chi connectivity index (χ1v) is 2.67. The second-order valence-electron chi connectivity index (χ2n) is 2.69. The Kier molecular flexibility index (Phi) is 2.49. The van der Waals surface area contributed by atoms with E-state index >= 15 is 0 Å². The average molecular weight is 112 g/mol. The highest BCUT2D eigenvalue weighted by molar-refractivity contribution is 4.92. The first kappa shape index (κ1) is 7.44. The van der Waals surface area contributed by atoms with Crippen LogP contribution in [0.4, 0.5) is 0 Å². The summed E-state index contributed by atoms with van der Waals surface area (Å²) in [6.45, 7) is 3.57. The van der Waals surface area contributed by atoms with Crippen molar-refractivity contribution in [3.05, 3.63) is 24.9 Å². The van der Waals surface area contributed by atoms with Crippen LogP contribution >= 0.6 is 0 Å². The van der Waals surface area contributed by atoms with Crippen LogP contribution in [0.2, 0.25) is 0 Å². The topological polar surface area (TPSA) is 0 Å². The highest BCUT2D eigenvalue weighted by Crippen LogP contribution is 1.89. The second-order valence-corrected chi connectivity index (χ2v) is 2.69. The van der Waals surface area contributed by atoms with Gasteiger partial charge in [-0.1, -0.05) is 12.7 Å². The van der Waals surface area contributed by atoms with Gasteiger partial charge in [-0.15, -0.1) is 0 Å². The first-order chi connectivity index (χ1) is 3.56. The molecule has 0 aromatic carbocycles. The fraction of sp³-hybridized carbons (Fsp3) is 0.429. The Morgan fingerprint density at radius 2 is 1.75 bits per heavy atom. The van der Waals surface area contributed by atoms with E-state index in [1.165, 1.54) is 0 Å². The van der Waals surface area contributed by atoms with Crippen molar-refractivity contribution in [1.29, 1.82) is 0 Å². The van der Waals surface area contributed by atoms with E-state index in [4.69, 9.17) is 0 Å².